The van der Waals surface area contributed by atoms with Crippen LogP contribution in [-0.2, 0) is 4.79 Å². The molecule has 0 atom stereocenters. The zero-order valence-electron chi connectivity index (χ0n) is 8.88. The first-order valence-corrected chi connectivity index (χ1v) is 4.87. The SMILES string of the molecule is CC/C=C/C(=O)Nc1ccc(C)c(F)c1. The van der Waals surface area contributed by atoms with Gasteiger partial charge in [0.15, 0.2) is 0 Å². The standard InChI is InChI=1S/C12H14FNO/c1-3-4-5-12(15)14-10-7-6-9(2)11(13)8-10/h4-8H,3H2,1-2H3,(H,14,15)/b5-4+. The summed E-state index contributed by atoms with van der Waals surface area (Å²) < 4.78 is 13.1. The molecular weight excluding hydrogens is 193 g/mol. The predicted molar refractivity (Wildman–Crippen MR) is 59.2 cm³/mol. The van der Waals surface area contributed by atoms with E-state index in [4.69, 9.17) is 0 Å². The second kappa shape index (κ2) is 5.29. The summed E-state index contributed by atoms with van der Waals surface area (Å²) in [5.74, 6) is -0.549. The number of hydrogen-bond acceptors (Lipinski definition) is 1. The van der Waals surface area contributed by atoms with Crippen molar-refractivity contribution in [3.8, 4) is 0 Å². The molecule has 1 amide bonds. The number of carbonyl (C=O) groups is 1. The highest BCUT2D eigenvalue weighted by molar-refractivity contribution is 5.99. The molecule has 1 aromatic carbocycles. The Kier molecular flexibility index (Phi) is 4.03. The molecule has 2 nitrogen and oxygen atoms in total. The van der Waals surface area contributed by atoms with E-state index in [0.29, 0.717) is 11.3 Å². The number of hydrogen-bond donors (Lipinski definition) is 1. The van der Waals surface area contributed by atoms with Crippen LogP contribution in [0, 0.1) is 12.7 Å². The summed E-state index contributed by atoms with van der Waals surface area (Å²) >= 11 is 0. The number of halogens is 1. The maximum absolute atomic E-state index is 13.1. The Labute approximate surface area is 88.8 Å². The minimum Gasteiger partial charge on any atom is -0.322 e. The van der Waals surface area contributed by atoms with Gasteiger partial charge >= 0.3 is 0 Å². The highest BCUT2D eigenvalue weighted by atomic mass is 19.1. The van der Waals surface area contributed by atoms with E-state index < -0.39 is 0 Å². The molecular formula is C12H14FNO. The van der Waals surface area contributed by atoms with Crippen LogP contribution in [-0.4, -0.2) is 5.91 Å². The van der Waals surface area contributed by atoms with E-state index >= 15 is 0 Å². The van der Waals surface area contributed by atoms with Crippen molar-refractivity contribution in [2.75, 3.05) is 5.32 Å². The number of nitrogens with one attached hydrogen (secondary N) is 1. The van der Waals surface area contributed by atoms with Crippen molar-refractivity contribution in [2.24, 2.45) is 0 Å². The monoisotopic (exact) mass is 207 g/mol. The minimum absolute atomic E-state index is 0.236. The number of benzene rings is 1. The van der Waals surface area contributed by atoms with Gasteiger partial charge in [-0.15, -0.1) is 0 Å². The van der Waals surface area contributed by atoms with Crippen molar-refractivity contribution in [1.82, 2.24) is 0 Å². The van der Waals surface area contributed by atoms with E-state index in [1.165, 1.54) is 12.1 Å². The van der Waals surface area contributed by atoms with Crippen LogP contribution in [0.15, 0.2) is 30.4 Å². The third-order valence-electron chi connectivity index (χ3n) is 1.94. The van der Waals surface area contributed by atoms with Crippen LogP contribution in [0.1, 0.15) is 18.9 Å². The Hall–Kier alpha value is -1.64. The molecule has 80 valence electrons. The maximum Gasteiger partial charge on any atom is 0.248 e. The van der Waals surface area contributed by atoms with E-state index in [1.807, 2.05) is 6.92 Å². The summed E-state index contributed by atoms with van der Waals surface area (Å²) in [6.07, 6.45) is 3.99. The van der Waals surface area contributed by atoms with Gasteiger partial charge in [0, 0.05) is 5.69 Å². The normalized spacial score (nSPS) is 10.6. The zero-order chi connectivity index (χ0) is 11.3. The number of rotatable bonds is 3. The molecule has 0 saturated heterocycles. The van der Waals surface area contributed by atoms with E-state index in [2.05, 4.69) is 5.32 Å². The van der Waals surface area contributed by atoms with Crippen molar-refractivity contribution < 1.29 is 9.18 Å². The number of allylic oxidation sites excluding steroid dienone is 1. The van der Waals surface area contributed by atoms with E-state index in [9.17, 15) is 9.18 Å². The number of aryl methyl sites for hydroxylation is 1. The van der Waals surface area contributed by atoms with Gasteiger partial charge in [-0.05, 0) is 37.1 Å². The van der Waals surface area contributed by atoms with Gasteiger partial charge in [-0.3, -0.25) is 4.79 Å². The first-order chi connectivity index (χ1) is 7.13. The lowest BCUT2D eigenvalue weighted by Crippen LogP contribution is -2.08. The lowest BCUT2D eigenvalue weighted by atomic mass is 10.2. The third-order valence-corrected chi connectivity index (χ3v) is 1.94. The molecule has 0 spiro atoms. The number of amides is 1. The molecule has 0 heterocycles. The predicted octanol–water partition coefficient (Wildman–Crippen LogP) is 3.04. The van der Waals surface area contributed by atoms with Crippen molar-refractivity contribution in [3.05, 3.63) is 41.7 Å². The van der Waals surface area contributed by atoms with Crippen LogP contribution in [0.3, 0.4) is 0 Å². The van der Waals surface area contributed by atoms with E-state index in [0.717, 1.165) is 6.42 Å². The Bertz CT molecular complexity index is 385. The molecule has 1 aromatic rings. The fraction of sp³-hybridized carbons (Fsp3) is 0.250. The molecule has 0 unspecified atom stereocenters. The van der Waals surface area contributed by atoms with Crippen LogP contribution in [0.25, 0.3) is 0 Å². The summed E-state index contributed by atoms with van der Waals surface area (Å²) in [6, 6.07) is 4.62. The van der Waals surface area contributed by atoms with Gasteiger partial charge in [0.2, 0.25) is 5.91 Å². The van der Waals surface area contributed by atoms with E-state index in [-0.39, 0.29) is 11.7 Å². The van der Waals surface area contributed by atoms with Gasteiger partial charge in [-0.1, -0.05) is 19.1 Å². The summed E-state index contributed by atoms with van der Waals surface area (Å²) in [5, 5.41) is 2.58. The summed E-state index contributed by atoms with van der Waals surface area (Å²) in [6.45, 7) is 3.62. The molecule has 1 N–H and O–H groups in total. The Balaban J connectivity index is 2.69. The van der Waals surface area contributed by atoms with Gasteiger partial charge in [0.05, 0.1) is 0 Å². The molecule has 0 saturated carbocycles. The van der Waals surface area contributed by atoms with Crippen LogP contribution in [0.2, 0.25) is 0 Å². The first kappa shape index (κ1) is 11.4. The Morgan fingerprint density at radius 2 is 2.27 bits per heavy atom. The molecule has 0 fully saturated rings. The van der Waals surface area contributed by atoms with Crippen molar-refractivity contribution in [1.29, 1.82) is 0 Å². The fourth-order valence-electron chi connectivity index (χ4n) is 1.08. The van der Waals surface area contributed by atoms with Gasteiger partial charge in [0.25, 0.3) is 0 Å². The summed E-state index contributed by atoms with van der Waals surface area (Å²) in [7, 11) is 0. The topological polar surface area (TPSA) is 29.1 Å². The highest BCUT2D eigenvalue weighted by Crippen LogP contribution is 2.13. The molecule has 0 aliphatic rings. The average molecular weight is 207 g/mol. The van der Waals surface area contributed by atoms with E-state index in [1.54, 1.807) is 25.1 Å². The first-order valence-electron chi connectivity index (χ1n) is 4.87. The van der Waals surface area contributed by atoms with Crippen molar-refractivity contribution in [2.45, 2.75) is 20.3 Å². The molecule has 0 aromatic heterocycles. The Morgan fingerprint density at radius 3 is 2.87 bits per heavy atom. The molecule has 0 aliphatic carbocycles. The highest BCUT2D eigenvalue weighted by Gasteiger charge is 2.01. The van der Waals surface area contributed by atoms with Crippen LogP contribution >= 0.6 is 0 Å². The molecule has 0 radical (unpaired) electrons. The molecule has 15 heavy (non-hydrogen) atoms. The quantitative estimate of drug-likeness (QED) is 0.758. The van der Waals surface area contributed by atoms with Crippen molar-refractivity contribution in [3.63, 3.8) is 0 Å². The molecule has 3 heteroatoms. The smallest absolute Gasteiger partial charge is 0.248 e. The summed E-state index contributed by atoms with van der Waals surface area (Å²) in [5.41, 5.74) is 1.04. The van der Waals surface area contributed by atoms with Crippen LogP contribution in [0.4, 0.5) is 10.1 Å². The maximum atomic E-state index is 13.1. The minimum atomic E-state index is -0.313. The van der Waals surface area contributed by atoms with Gasteiger partial charge in [-0.25, -0.2) is 4.39 Å². The van der Waals surface area contributed by atoms with Crippen LogP contribution in [0.5, 0.6) is 0 Å². The number of anilines is 1. The van der Waals surface area contributed by atoms with Crippen molar-refractivity contribution >= 4 is 11.6 Å². The fourth-order valence-corrected chi connectivity index (χ4v) is 1.08. The Morgan fingerprint density at radius 1 is 1.53 bits per heavy atom. The van der Waals surface area contributed by atoms with Gasteiger partial charge in [0.1, 0.15) is 5.82 Å². The summed E-state index contributed by atoms with van der Waals surface area (Å²) in [4.78, 5) is 11.2. The molecule has 0 bridgehead atoms. The lowest BCUT2D eigenvalue weighted by molar-refractivity contribution is -0.111. The third kappa shape index (κ3) is 3.54. The molecule has 1 rings (SSSR count). The second-order valence-corrected chi connectivity index (χ2v) is 3.26. The largest absolute Gasteiger partial charge is 0.322 e. The second-order valence-electron chi connectivity index (χ2n) is 3.26. The van der Waals surface area contributed by atoms with Gasteiger partial charge in [-0.2, -0.15) is 0 Å². The van der Waals surface area contributed by atoms with Gasteiger partial charge < -0.3 is 5.32 Å². The average Bonchev–Trinajstić information content (AvgIpc) is 2.20. The molecule has 0 aliphatic heterocycles. The van der Waals surface area contributed by atoms with Crippen LogP contribution < -0.4 is 5.32 Å². The zero-order valence-corrected chi connectivity index (χ0v) is 8.88. The lowest BCUT2D eigenvalue weighted by Gasteiger charge is -2.03. The number of carbonyl (C=O) groups excluding carboxylic acids is 1.